The first-order chi connectivity index (χ1) is 9.63. The summed E-state index contributed by atoms with van der Waals surface area (Å²) in [6.07, 6.45) is 4.26. The highest BCUT2D eigenvalue weighted by molar-refractivity contribution is 5.77. The van der Waals surface area contributed by atoms with Crippen LogP contribution >= 0.6 is 0 Å². The van der Waals surface area contributed by atoms with Gasteiger partial charge in [0.25, 0.3) is 11.7 Å². The summed E-state index contributed by atoms with van der Waals surface area (Å²) < 4.78 is 5.55. The van der Waals surface area contributed by atoms with Crippen molar-refractivity contribution in [3.05, 3.63) is 28.3 Å². The number of nitro benzene ring substituents is 1. The number of oxazole rings is 1. The normalized spacial score (nSPS) is 22.9. The summed E-state index contributed by atoms with van der Waals surface area (Å²) in [4.78, 5) is 14.5. The summed E-state index contributed by atoms with van der Waals surface area (Å²) in [6.45, 7) is 0. The molecule has 0 aliphatic heterocycles. The van der Waals surface area contributed by atoms with Crippen LogP contribution in [0.5, 0.6) is 0 Å². The number of non-ortho nitro benzene ring substituents is 1. The van der Waals surface area contributed by atoms with Crippen LogP contribution in [0.15, 0.2) is 22.6 Å². The van der Waals surface area contributed by atoms with Gasteiger partial charge in [0.15, 0.2) is 5.58 Å². The Morgan fingerprint density at radius 2 is 2.20 bits per heavy atom. The maximum absolute atomic E-state index is 10.7. The second-order valence-electron chi connectivity index (χ2n) is 5.13. The Kier molecular flexibility index (Phi) is 3.27. The predicted molar refractivity (Wildman–Crippen MR) is 74.5 cm³/mol. The van der Waals surface area contributed by atoms with Gasteiger partial charge in [-0.1, -0.05) is 12.8 Å². The highest BCUT2D eigenvalue weighted by Crippen LogP contribution is 2.26. The first kappa shape index (κ1) is 12.9. The van der Waals surface area contributed by atoms with Crippen molar-refractivity contribution in [1.82, 2.24) is 4.98 Å². The number of hydrogen-bond acceptors (Lipinski definition) is 6. The third-order valence-electron chi connectivity index (χ3n) is 3.71. The maximum Gasteiger partial charge on any atom is 0.295 e. The minimum absolute atomic E-state index is 0.00622. The van der Waals surface area contributed by atoms with Crippen LogP contribution in [0.1, 0.15) is 25.7 Å². The monoisotopic (exact) mass is 276 g/mol. The molecular formula is C13H16N4O3. The predicted octanol–water partition coefficient (Wildman–Crippen LogP) is 2.42. The molecule has 1 aliphatic rings. The van der Waals surface area contributed by atoms with Crippen molar-refractivity contribution in [2.75, 3.05) is 5.32 Å². The summed E-state index contributed by atoms with van der Waals surface area (Å²) in [7, 11) is 0. The minimum Gasteiger partial charge on any atom is -0.424 e. The van der Waals surface area contributed by atoms with Gasteiger partial charge in [-0.15, -0.1) is 0 Å². The molecule has 1 aromatic carbocycles. The summed E-state index contributed by atoms with van der Waals surface area (Å²) in [5.74, 6) is 0. The molecule has 0 bridgehead atoms. The molecule has 7 heteroatoms. The number of nitro groups is 1. The molecule has 7 nitrogen and oxygen atoms in total. The van der Waals surface area contributed by atoms with Gasteiger partial charge in [-0.3, -0.25) is 10.1 Å². The van der Waals surface area contributed by atoms with Gasteiger partial charge in [-0.25, -0.2) is 0 Å². The summed E-state index contributed by atoms with van der Waals surface area (Å²) >= 11 is 0. The number of nitrogens with zero attached hydrogens (tertiary/aromatic N) is 2. The van der Waals surface area contributed by atoms with Crippen molar-refractivity contribution in [2.45, 2.75) is 37.8 Å². The molecule has 0 unspecified atom stereocenters. The Labute approximate surface area is 115 Å². The topological polar surface area (TPSA) is 107 Å². The molecule has 3 rings (SSSR count). The fourth-order valence-corrected chi connectivity index (χ4v) is 2.59. The third kappa shape index (κ3) is 2.44. The highest BCUT2D eigenvalue weighted by Gasteiger charge is 2.23. The van der Waals surface area contributed by atoms with Crippen LogP contribution in [0, 0.1) is 10.1 Å². The Hall–Kier alpha value is -2.15. The molecule has 1 heterocycles. The number of hydrogen-bond donors (Lipinski definition) is 2. The first-order valence-corrected chi connectivity index (χ1v) is 6.70. The van der Waals surface area contributed by atoms with Crippen molar-refractivity contribution in [3.63, 3.8) is 0 Å². The Bertz CT molecular complexity index is 640. The molecule has 1 fully saturated rings. The van der Waals surface area contributed by atoms with Gasteiger partial charge in [0, 0.05) is 24.2 Å². The lowest BCUT2D eigenvalue weighted by atomic mass is 9.91. The fourth-order valence-electron chi connectivity index (χ4n) is 2.59. The number of benzene rings is 1. The number of nitrogens with one attached hydrogen (secondary N) is 1. The number of nitrogens with two attached hydrogens (primary N) is 1. The van der Waals surface area contributed by atoms with E-state index in [1.165, 1.54) is 12.1 Å². The van der Waals surface area contributed by atoms with E-state index < -0.39 is 4.92 Å². The average Bonchev–Trinajstić information content (AvgIpc) is 2.82. The zero-order valence-electron chi connectivity index (χ0n) is 10.9. The second kappa shape index (κ2) is 5.09. The van der Waals surface area contributed by atoms with Gasteiger partial charge < -0.3 is 15.5 Å². The molecule has 1 aromatic heterocycles. The number of anilines is 1. The Balaban J connectivity index is 1.83. The van der Waals surface area contributed by atoms with Gasteiger partial charge >= 0.3 is 0 Å². The first-order valence-electron chi connectivity index (χ1n) is 6.70. The average molecular weight is 276 g/mol. The van der Waals surface area contributed by atoms with Gasteiger partial charge in [0.2, 0.25) is 0 Å². The van der Waals surface area contributed by atoms with Crippen LogP contribution in [0.25, 0.3) is 11.1 Å². The molecule has 0 saturated heterocycles. The fraction of sp³-hybridized carbons (Fsp3) is 0.462. The number of rotatable bonds is 3. The summed E-state index contributed by atoms with van der Waals surface area (Å²) in [6, 6.07) is 4.99. The standard InChI is InChI=1S/C13H16N4O3/c14-9-3-1-2-4-10(9)15-13-16-11-7-8(17(18)19)5-6-12(11)20-13/h5-7,9-10H,1-4,14H2,(H,15,16)/t9-,10+/m1/s1. The van der Waals surface area contributed by atoms with Crippen molar-refractivity contribution < 1.29 is 9.34 Å². The zero-order chi connectivity index (χ0) is 14.1. The van der Waals surface area contributed by atoms with Gasteiger partial charge in [-0.2, -0.15) is 4.98 Å². The van der Waals surface area contributed by atoms with E-state index >= 15 is 0 Å². The molecule has 2 aromatic rings. The second-order valence-corrected chi connectivity index (χ2v) is 5.13. The molecule has 1 saturated carbocycles. The summed E-state index contributed by atoms with van der Waals surface area (Å²) in [5, 5.41) is 13.9. The largest absolute Gasteiger partial charge is 0.424 e. The van der Waals surface area contributed by atoms with Crippen LogP contribution in [-0.4, -0.2) is 22.0 Å². The smallest absolute Gasteiger partial charge is 0.295 e. The lowest BCUT2D eigenvalue weighted by molar-refractivity contribution is -0.384. The van der Waals surface area contributed by atoms with E-state index in [0.29, 0.717) is 17.1 Å². The van der Waals surface area contributed by atoms with Gasteiger partial charge in [0.1, 0.15) is 5.52 Å². The number of aromatic nitrogens is 1. The molecule has 2 atom stereocenters. The van der Waals surface area contributed by atoms with E-state index in [-0.39, 0.29) is 17.8 Å². The van der Waals surface area contributed by atoms with Crippen LogP contribution in [0.3, 0.4) is 0 Å². The van der Waals surface area contributed by atoms with E-state index in [1.54, 1.807) is 6.07 Å². The molecule has 0 radical (unpaired) electrons. The Morgan fingerprint density at radius 1 is 1.40 bits per heavy atom. The van der Waals surface area contributed by atoms with Crippen LogP contribution < -0.4 is 11.1 Å². The van der Waals surface area contributed by atoms with E-state index in [0.717, 1.165) is 25.7 Å². The lowest BCUT2D eigenvalue weighted by Gasteiger charge is -2.28. The molecule has 1 aliphatic carbocycles. The quantitative estimate of drug-likeness (QED) is 0.658. The SMILES string of the molecule is N[C@@H]1CCCC[C@@H]1Nc1nc2cc([N+](=O)[O-])ccc2o1. The van der Waals surface area contributed by atoms with E-state index in [9.17, 15) is 10.1 Å². The molecule has 3 N–H and O–H groups in total. The molecular weight excluding hydrogens is 260 g/mol. The molecule has 20 heavy (non-hydrogen) atoms. The van der Waals surface area contributed by atoms with E-state index in [1.807, 2.05) is 0 Å². The van der Waals surface area contributed by atoms with E-state index in [4.69, 9.17) is 10.2 Å². The van der Waals surface area contributed by atoms with Gasteiger partial charge in [0.05, 0.1) is 4.92 Å². The maximum atomic E-state index is 10.7. The third-order valence-corrected chi connectivity index (χ3v) is 3.71. The molecule has 0 spiro atoms. The van der Waals surface area contributed by atoms with Crippen molar-refractivity contribution in [3.8, 4) is 0 Å². The zero-order valence-corrected chi connectivity index (χ0v) is 10.9. The lowest BCUT2D eigenvalue weighted by Crippen LogP contribution is -2.42. The van der Waals surface area contributed by atoms with Gasteiger partial charge in [-0.05, 0) is 18.9 Å². The van der Waals surface area contributed by atoms with Crippen LogP contribution in [0.2, 0.25) is 0 Å². The molecule has 0 amide bonds. The van der Waals surface area contributed by atoms with Crippen LogP contribution in [-0.2, 0) is 0 Å². The Morgan fingerprint density at radius 3 is 2.95 bits per heavy atom. The van der Waals surface area contributed by atoms with Crippen molar-refractivity contribution >= 4 is 22.8 Å². The minimum atomic E-state index is -0.446. The highest BCUT2D eigenvalue weighted by atomic mass is 16.6. The van der Waals surface area contributed by atoms with E-state index in [2.05, 4.69) is 10.3 Å². The van der Waals surface area contributed by atoms with Crippen molar-refractivity contribution in [2.24, 2.45) is 5.73 Å². The van der Waals surface area contributed by atoms with Crippen LogP contribution in [0.4, 0.5) is 11.7 Å². The molecule has 106 valence electrons. The number of fused-ring (bicyclic) bond motifs is 1. The summed E-state index contributed by atoms with van der Waals surface area (Å²) in [5.41, 5.74) is 7.08. The van der Waals surface area contributed by atoms with Crippen molar-refractivity contribution in [1.29, 1.82) is 0 Å².